The molecule has 5 nitrogen and oxygen atoms in total. The van der Waals surface area contributed by atoms with Crippen molar-refractivity contribution in [2.45, 2.75) is 24.9 Å². The zero-order valence-corrected chi connectivity index (χ0v) is 14.3. The first-order valence-corrected chi connectivity index (χ1v) is 8.68. The van der Waals surface area contributed by atoms with Gasteiger partial charge in [-0.1, -0.05) is 12.1 Å². The number of halogens is 2. The third kappa shape index (κ3) is 4.83. The monoisotopic (exact) mass is 360 g/mol. The molecule has 1 amide bonds. The van der Waals surface area contributed by atoms with E-state index in [9.17, 15) is 13.6 Å². The number of nitrogens with one attached hydrogen (secondary N) is 3. The lowest BCUT2D eigenvalue weighted by atomic mass is 9.86. The number of carbonyl (C=O) groups is 1. The summed E-state index contributed by atoms with van der Waals surface area (Å²) in [4.78, 5) is 16.1. The molecule has 0 spiro atoms. The van der Waals surface area contributed by atoms with Crippen LogP contribution < -0.4 is 16.0 Å². The van der Waals surface area contributed by atoms with Gasteiger partial charge in [0.05, 0.1) is 6.54 Å². The average molecular weight is 360 g/mol. The van der Waals surface area contributed by atoms with Gasteiger partial charge in [-0.05, 0) is 42.3 Å². The van der Waals surface area contributed by atoms with Gasteiger partial charge in [-0.15, -0.1) is 0 Å². The minimum absolute atomic E-state index is 0.0254. The Morgan fingerprint density at radius 1 is 1.27 bits per heavy atom. The van der Waals surface area contributed by atoms with Crippen molar-refractivity contribution in [3.63, 3.8) is 0 Å². The highest BCUT2D eigenvalue weighted by Crippen LogP contribution is 2.26. The number of piperidine rings is 1. The Labute approximate surface area is 151 Å². The summed E-state index contributed by atoms with van der Waals surface area (Å²) >= 11 is 0. The lowest BCUT2D eigenvalue weighted by Crippen LogP contribution is -2.50. The van der Waals surface area contributed by atoms with Gasteiger partial charge >= 0.3 is 0 Å². The predicted molar refractivity (Wildman–Crippen MR) is 94.5 cm³/mol. The van der Waals surface area contributed by atoms with E-state index in [4.69, 9.17) is 0 Å². The molecule has 3 N–H and O–H groups in total. The van der Waals surface area contributed by atoms with E-state index in [1.54, 1.807) is 18.5 Å². The lowest BCUT2D eigenvalue weighted by molar-refractivity contribution is -0.120. The largest absolute Gasteiger partial charge is 0.351 e. The molecule has 1 aromatic heterocycles. The quantitative estimate of drug-likeness (QED) is 0.734. The van der Waals surface area contributed by atoms with Gasteiger partial charge in [-0.2, -0.15) is 0 Å². The van der Waals surface area contributed by atoms with Gasteiger partial charge in [0.25, 0.3) is 0 Å². The van der Waals surface area contributed by atoms with Gasteiger partial charge in [0, 0.05) is 37.4 Å². The van der Waals surface area contributed by atoms with E-state index in [0.29, 0.717) is 13.1 Å². The second kappa shape index (κ2) is 8.82. The van der Waals surface area contributed by atoms with Gasteiger partial charge in [-0.25, -0.2) is 8.78 Å². The topological polar surface area (TPSA) is 66.1 Å². The zero-order valence-electron chi connectivity index (χ0n) is 14.3. The highest BCUT2D eigenvalue weighted by molar-refractivity contribution is 5.78. The number of rotatable bonds is 6. The second-order valence-corrected chi connectivity index (χ2v) is 6.40. The van der Waals surface area contributed by atoms with Crippen molar-refractivity contribution in [3.05, 3.63) is 65.5 Å². The molecule has 1 aromatic carbocycles. The Hall–Kier alpha value is -2.38. The number of pyridine rings is 1. The number of hydrogen-bond acceptors (Lipinski definition) is 4. The molecule has 3 rings (SSSR count). The summed E-state index contributed by atoms with van der Waals surface area (Å²) in [7, 11) is 0. The predicted octanol–water partition coefficient (Wildman–Crippen LogP) is 1.71. The molecule has 1 saturated heterocycles. The fourth-order valence-corrected chi connectivity index (χ4v) is 3.20. The van der Waals surface area contributed by atoms with Crippen molar-refractivity contribution in [2.24, 2.45) is 0 Å². The van der Waals surface area contributed by atoms with Crippen LogP contribution in [-0.2, 0) is 11.3 Å². The van der Waals surface area contributed by atoms with Crippen LogP contribution in [0.4, 0.5) is 8.78 Å². The molecule has 2 heterocycles. The molecular weight excluding hydrogens is 338 g/mol. The van der Waals surface area contributed by atoms with Crippen LogP contribution >= 0.6 is 0 Å². The van der Waals surface area contributed by atoms with Crippen LogP contribution in [0.25, 0.3) is 0 Å². The summed E-state index contributed by atoms with van der Waals surface area (Å²) in [5.74, 6) is -1.78. The summed E-state index contributed by atoms with van der Waals surface area (Å²) in [5.41, 5.74) is 1.68. The average Bonchev–Trinajstić information content (AvgIpc) is 2.68. The SMILES string of the molecule is O=C(CN[C@H]1CNCC[C@H]1c1ccc(F)c(F)c1)NCc1cccnc1. The van der Waals surface area contributed by atoms with Gasteiger partial charge in [0.2, 0.25) is 5.91 Å². The molecule has 7 heteroatoms. The Bertz CT molecular complexity index is 742. The number of amides is 1. The number of nitrogens with zero attached hydrogens (tertiary/aromatic N) is 1. The van der Waals surface area contributed by atoms with Crippen molar-refractivity contribution in [3.8, 4) is 0 Å². The van der Waals surface area contributed by atoms with E-state index in [-0.39, 0.29) is 24.4 Å². The highest BCUT2D eigenvalue weighted by atomic mass is 19.2. The fourth-order valence-electron chi connectivity index (χ4n) is 3.20. The third-order valence-electron chi connectivity index (χ3n) is 4.59. The second-order valence-electron chi connectivity index (χ2n) is 6.40. The molecule has 1 fully saturated rings. The third-order valence-corrected chi connectivity index (χ3v) is 4.59. The van der Waals surface area contributed by atoms with Crippen molar-refractivity contribution in [1.29, 1.82) is 0 Å². The first-order chi connectivity index (χ1) is 12.6. The molecule has 2 aromatic rings. The summed E-state index contributed by atoms with van der Waals surface area (Å²) in [6.07, 6.45) is 4.18. The normalized spacial score (nSPS) is 19.9. The molecule has 2 atom stereocenters. The van der Waals surface area contributed by atoms with Gasteiger partial charge in [-0.3, -0.25) is 9.78 Å². The molecule has 1 aliphatic heterocycles. The van der Waals surface area contributed by atoms with Gasteiger partial charge < -0.3 is 16.0 Å². The van der Waals surface area contributed by atoms with Crippen LogP contribution in [0.1, 0.15) is 23.5 Å². The fraction of sp³-hybridized carbons (Fsp3) is 0.368. The molecule has 138 valence electrons. The highest BCUT2D eigenvalue weighted by Gasteiger charge is 2.27. The Morgan fingerprint density at radius 3 is 2.92 bits per heavy atom. The van der Waals surface area contributed by atoms with E-state index in [1.807, 2.05) is 12.1 Å². The summed E-state index contributed by atoms with van der Waals surface area (Å²) in [6.45, 7) is 2.05. The summed E-state index contributed by atoms with van der Waals surface area (Å²) < 4.78 is 26.7. The smallest absolute Gasteiger partial charge is 0.234 e. The van der Waals surface area contributed by atoms with Crippen LogP contribution in [0.2, 0.25) is 0 Å². The molecule has 1 aliphatic rings. The Morgan fingerprint density at radius 2 is 2.15 bits per heavy atom. The number of benzene rings is 1. The van der Waals surface area contributed by atoms with Crippen LogP contribution in [0.3, 0.4) is 0 Å². The maximum absolute atomic E-state index is 13.6. The first-order valence-electron chi connectivity index (χ1n) is 8.68. The zero-order chi connectivity index (χ0) is 18.4. The molecule has 0 unspecified atom stereocenters. The number of hydrogen-bond donors (Lipinski definition) is 3. The van der Waals surface area contributed by atoms with Gasteiger partial charge in [0.15, 0.2) is 11.6 Å². The van der Waals surface area contributed by atoms with E-state index >= 15 is 0 Å². The molecule has 0 saturated carbocycles. The first kappa shape index (κ1) is 18.4. The van der Waals surface area contributed by atoms with Crippen LogP contribution in [0, 0.1) is 11.6 Å². The van der Waals surface area contributed by atoms with Crippen molar-refractivity contribution in [2.75, 3.05) is 19.6 Å². The number of carbonyl (C=O) groups excluding carboxylic acids is 1. The molecule has 0 bridgehead atoms. The minimum Gasteiger partial charge on any atom is -0.351 e. The van der Waals surface area contributed by atoms with Crippen molar-refractivity contribution in [1.82, 2.24) is 20.9 Å². The van der Waals surface area contributed by atoms with Crippen LogP contribution in [0.5, 0.6) is 0 Å². The van der Waals surface area contributed by atoms with E-state index in [1.165, 1.54) is 6.07 Å². The number of aromatic nitrogens is 1. The van der Waals surface area contributed by atoms with E-state index < -0.39 is 11.6 Å². The maximum atomic E-state index is 13.6. The summed E-state index contributed by atoms with van der Waals surface area (Å²) in [6, 6.07) is 7.71. The standard InChI is InChI=1S/C19H22F2N4O/c20-16-4-3-14(8-17(16)21)15-5-7-23-11-18(15)24-12-19(26)25-10-13-2-1-6-22-9-13/h1-4,6,8-9,15,18,23-24H,5,7,10-12H2,(H,25,26)/t15-,18-/m0/s1. The van der Waals surface area contributed by atoms with Crippen LogP contribution in [-0.4, -0.2) is 36.6 Å². The van der Waals surface area contributed by atoms with E-state index in [0.717, 1.165) is 30.2 Å². The van der Waals surface area contributed by atoms with Crippen LogP contribution in [0.15, 0.2) is 42.7 Å². The molecule has 0 aliphatic carbocycles. The molecule has 26 heavy (non-hydrogen) atoms. The Balaban J connectivity index is 1.54. The maximum Gasteiger partial charge on any atom is 0.234 e. The van der Waals surface area contributed by atoms with Gasteiger partial charge in [0.1, 0.15) is 0 Å². The van der Waals surface area contributed by atoms with E-state index in [2.05, 4.69) is 20.9 Å². The molecule has 0 radical (unpaired) electrons. The lowest BCUT2D eigenvalue weighted by Gasteiger charge is -2.33. The van der Waals surface area contributed by atoms with Crippen molar-refractivity contribution < 1.29 is 13.6 Å². The summed E-state index contributed by atoms with van der Waals surface area (Å²) in [5, 5.41) is 9.34. The minimum atomic E-state index is -0.845. The molecular formula is C19H22F2N4O. The Kier molecular flexibility index (Phi) is 6.25. The van der Waals surface area contributed by atoms with Crippen molar-refractivity contribution >= 4 is 5.91 Å².